The van der Waals surface area contributed by atoms with Crippen molar-refractivity contribution in [1.82, 2.24) is 58.5 Å². The van der Waals surface area contributed by atoms with E-state index in [9.17, 15) is 4.79 Å². The first-order chi connectivity index (χ1) is 21.2. The molecule has 0 aliphatic rings. The Morgan fingerprint density at radius 2 is 0.512 bits per heavy atom. The number of nitrogens with one attached hydrogen (secondary N) is 11. The van der Waals surface area contributed by atoms with Crippen LogP contribution < -0.4 is 75.7 Å². The van der Waals surface area contributed by atoms with E-state index in [-0.39, 0.29) is 5.91 Å². The summed E-state index contributed by atoms with van der Waals surface area (Å²) in [6.07, 6.45) is 0. The van der Waals surface area contributed by atoms with Gasteiger partial charge in [-0.25, -0.2) is 0 Å². The maximum atomic E-state index is 10.6. The van der Waals surface area contributed by atoms with Crippen molar-refractivity contribution in [2.24, 2.45) is 17.2 Å². The normalized spacial score (nSPS) is 10.6. The van der Waals surface area contributed by atoms with Gasteiger partial charge in [-0.05, 0) is 0 Å². The Bertz CT molecular complexity index is 465. The van der Waals surface area contributed by atoms with Crippen molar-refractivity contribution < 1.29 is 4.79 Å². The fraction of sp³-hybridized carbons (Fsp3) is 0.964. The SMILES string of the molecule is CC.CC(=O)NCCNCCNCCNCCNCCNCCN.NCCNCCNCCNCCNCCNCCN. The Hall–Kier alpha value is -1.05. The number of rotatable bonds is 33. The molecule has 17 N–H and O–H groups in total. The summed E-state index contributed by atoms with van der Waals surface area (Å²) in [5.41, 5.74) is 16.1. The maximum Gasteiger partial charge on any atom is 0.216 e. The molecule has 15 nitrogen and oxygen atoms in total. The third-order valence-electron chi connectivity index (χ3n) is 5.47. The van der Waals surface area contributed by atoms with E-state index in [2.05, 4.69) is 58.5 Å². The highest BCUT2D eigenvalue weighted by molar-refractivity contribution is 5.72. The van der Waals surface area contributed by atoms with E-state index in [4.69, 9.17) is 17.2 Å². The molecule has 0 saturated carbocycles. The van der Waals surface area contributed by atoms with Gasteiger partial charge in [0.1, 0.15) is 0 Å². The topological polar surface area (TPSA) is 227 Å². The van der Waals surface area contributed by atoms with E-state index >= 15 is 0 Å². The van der Waals surface area contributed by atoms with Gasteiger partial charge < -0.3 is 75.7 Å². The molecule has 0 fully saturated rings. The average molecular weight is 623 g/mol. The Balaban J connectivity index is -0.000000710. The largest absolute Gasteiger partial charge is 0.355 e. The van der Waals surface area contributed by atoms with Crippen LogP contribution in [0.25, 0.3) is 0 Å². The van der Waals surface area contributed by atoms with Crippen molar-refractivity contribution >= 4 is 5.91 Å². The lowest BCUT2D eigenvalue weighted by atomic mass is 10.5. The molecule has 0 atom stereocenters. The number of hydrogen-bond donors (Lipinski definition) is 14. The molecule has 1 amide bonds. The Morgan fingerprint density at radius 1 is 0.349 bits per heavy atom. The monoisotopic (exact) mass is 623 g/mol. The Kier molecular flexibility index (Phi) is 51.6. The second-order valence-electron chi connectivity index (χ2n) is 9.35. The van der Waals surface area contributed by atoms with Crippen LogP contribution in [0.15, 0.2) is 0 Å². The molecule has 0 aromatic heterocycles. The lowest BCUT2D eigenvalue weighted by molar-refractivity contribution is -0.118. The van der Waals surface area contributed by atoms with Crippen LogP contribution in [0.3, 0.4) is 0 Å². The molecule has 0 spiro atoms. The highest BCUT2D eigenvalue weighted by Gasteiger charge is 1.93. The van der Waals surface area contributed by atoms with Crippen molar-refractivity contribution in [2.45, 2.75) is 20.8 Å². The lowest BCUT2D eigenvalue weighted by Crippen LogP contribution is -2.37. The van der Waals surface area contributed by atoms with Gasteiger partial charge in [0.15, 0.2) is 0 Å². The van der Waals surface area contributed by atoms with Crippen LogP contribution in [0.4, 0.5) is 0 Å². The molecular formula is C28H74N14O. The van der Waals surface area contributed by atoms with Crippen molar-refractivity contribution in [3.8, 4) is 0 Å². The summed E-state index contributed by atoms with van der Waals surface area (Å²) in [5, 5.41) is 35.9. The minimum atomic E-state index is 0.0207. The minimum absolute atomic E-state index is 0.0207. The summed E-state index contributed by atoms with van der Waals surface area (Å²) < 4.78 is 0. The smallest absolute Gasteiger partial charge is 0.216 e. The lowest BCUT2D eigenvalue weighted by Gasteiger charge is -2.09. The Labute approximate surface area is 264 Å². The molecule has 0 rings (SSSR count). The maximum absolute atomic E-state index is 10.6. The molecule has 0 saturated heterocycles. The van der Waals surface area contributed by atoms with Crippen LogP contribution in [-0.2, 0) is 4.79 Å². The van der Waals surface area contributed by atoms with E-state index in [1.807, 2.05) is 13.8 Å². The summed E-state index contributed by atoms with van der Waals surface area (Å²) in [4.78, 5) is 10.6. The Morgan fingerprint density at radius 3 is 0.674 bits per heavy atom. The molecule has 0 aromatic carbocycles. The van der Waals surface area contributed by atoms with E-state index in [0.29, 0.717) is 26.2 Å². The zero-order chi connectivity index (χ0) is 32.3. The quantitative estimate of drug-likeness (QED) is 0.0307. The predicted molar refractivity (Wildman–Crippen MR) is 186 cm³/mol. The summed E-state index contributed by atoms with van der Waals surface area (Å²) >= 11 is 0. The van der Waals surface area contributed by atoms with Gasteiger partial charge in [0.25, 0.3) is 0 Å². The van der Waals surface area contributed by atoms with Gasteiger partial charge in [-0.1, -0.05) is 13.8 Å². The molecule has 0 unspecified atom stereocenters. The van der Waals surface area contributed by atoms with Gasteiger partial charge in [-0.15, -0.1) is 0 Å². The molecule has 0 heterocycles. The number of nitrogens with two attached hydrogens (primary N) is 3. The van der Waals surface area contributed by atoms with Crippen LogP contribution in [0, 0.1) is 0 Å². The fourth-order valence-electron chi connectivity index (χ4n) is 3.30. The van der Waals surface area contributed by atoms with Crippen LogP contribution in [0.2, 0.25) is 0 Å². The summed E-state index contributed by atoms with van der Waals surface area (Å²) in [7, 11) is 0. The van der Waals surface area contributed by atoms with Gasteiger partial charge >= 0.3 is 0 Å². The first-order valence-electron chi connectivity index (χ1n) is 16.6. The average Bonchev–Trinajstić information content (AvgIpc) is 3.02. The summed E-state index contributed by atoms with van der Waals surface area (Å²) in [6.45, 7) is 27.5. The molecule has 0 aliphatic carbocycles. The molecule has 262 valence electrons. The number of hydrogen-bond acceptors (Lipinski definition) is 14. The molecular weight excluding hydrogens is 548 g/mol. The molecule has 0 aromatic rings. The first kappa shape index (κ1) is 46.4. The second-order valence-corrected chi connectivity index (χ2v) is 9.35. The van der Waals surface area contributed by atoms with E-state index < -0.39 is 0 Å². The predicted octanol–water partition coefficient (Wildman–Crippen LogP) is -5.09. The third-order valence-corrected chi connectivity index (χ3v) is 5.47. The minimum Gasteiger partial charge on any atom is -0.355 e. The zero-order valence-corrected chi connectivity index (χ0v) is 28.1. The molecule has 43 heavy (non-hydrogen) atoms. The highest BCUT2D eigenvalue weighted by Crippen LogP contribution is 1.66. The zero-order valence-electron chi connectivity index (χ0n) is 28.1. The van der Waals surface area contributed by atoms with Gasteiger partial charge in [0.05, 0.1) is 0 Å². The summed E-state index contributed by atoms with van der Waals surface area (Å²) in [6, 6.07) is 0. The van der Waals surface area contributed by atoms with Gasteiger partial charge in [-0.2, -0.15) is 0 Å². The molecule has 15 heteroatoms. The molecule has 0 radical (unpaired) electrons. The van der Waals surface area contributed by atoms with Crippen molar-refractivity contribution in [3.05, 3.63) is 0 Å². The van der Waals surface area contributed by atoms with E-state index in [1.54, 1.807) is 0 Å². The van der Waals surface area contributed by atoms with Crippen LogP contribution in [-0.4, -0.2) is 163 Å². The first-order valence-corrected chi connectivity index (χ1v) is 16.6. The van der Waals surface area contributed by atoms with Crippen LogP contribution in [0.1, 0.15) is 20.8 Å². The van der Waals surface area contributed by atoms with Crippen LogP contribution in [0.5, 0.6) is 0 Å². The van der Waals surface area contributed by atoms with Gasteiger partial charge in [-0.3, -0.25) is 4.79 Å². The molecule has 0 bridgehead atoms. The highest BCUT2D eigenvalue weighted by atomic mass is 16.1. The fourth-order valence-corrected chi connectivity index (χ4v) is 3.30. The van der Waals surface area contributed by atoms with Crippen molar-refractivity contribution in [1.29, 1.82) is 0 Å². The van der Waals surface area contributed by atoms with Crippen molar-refractivity contribution in [2.75, 3.05) is 157 Å². The van der Waals surface area contributed by atoms with Crippen molar-refractivity contribution in [3.63, 3.8) is 0 Å². The summed E-state index contributed by atoms with van der Waals surface area (Å²) in [5.74, 6) is 0.0207. The number of carbonyl (C=O) groups is 1. The van der Waals surface area contributed by atoms with Gasteiger partial charge in [0.2, 0.25) is 5.91 Å². The van der Waals surface area contributed by atoms with Gasteiger partial charge in [0, 0.05) is 164 Å². The third kappa shape index (κ3) is 53.9. The van der Waals surface area contributed by atoms with E-state index in [1.165, 1.54) is 6.92 Å². The standard InChI is InChI=1S/C14H35N7O.C12H33N7.C2H6/c1-14(22)21-13-12-20-11-10-19-9-8-18-7-6-17-5-4-16-3-2-15;13-1-3-15-5-7-17-9-11-19-12-10-18-8-6-16-4-2-14;1-2/h16-20H,2-13,15H2,1H3,(H,21,22);15-19H,1-14H2;1-2H3. The number of amides is 1. The van der Waals surface area contributed by atoms with E-state index in [0.717, 1.165) is 131 Å². The van der Waals surface area contributed by atoms with Crippen LogP contribution >= 0.6 is 0 Å². The molecule has 0 aliphatic heterocycles. The number of carbonyl (C=O) groups excluding carboxylic acids is 1. The second kappa shape index (κ2) is 47.9.